The van der Waals surface area contributed by atoms with Gasteiger partial charge in [0.05, 0.1) is 11.9 Å². The van der Waals surface area contributed by atoms with Crippen molar-refractivity contribution in [3.05, 3.63) is 48.3 Å². The molecule has 1 aliphatic carbocycles. The summed E-state index contributed by atoms with van der Waals surface area (Å²) in [5, 5.41) is 7.31. The first-order chi connectivity index (χ1) is 11.8. The molecule has 4 heteroatoms. The van der Waals surface area contributed by atoms with Gasteiger partial charge in [-0.2, -0.15) is 5.10 Å². The van der Waals surface area contributed by atoms with Crippen molar-refractivity contribution in [1.29, 1.82) is 0 Å². The van der Waals surface area contributed by atoms with E-state index in [0.717, 1.165) is 31.0 Å². The third kappa shape index (κ3) is 5.22. The van der Waals surface area contributed by atoms with E-state index in [1.54, 1.807) is 6.20 Å². The first kappa shape index (κ1) is 16.7. The topological polar surface area (TPSA) is 46.9 Å². The van der Waals surface area contributed by atoms with E-state index in [2.05, 4.69) is 34.7 Å². The Morgan fingerprint density at radius 3 is 2.75 bits per heavy atom. The van der Waals surface area contributed by atoms with Crippen molar-refractivity contribution in [2.45, 2.75) is 57.9 Å². The van der Waals surface area contributed by atoms with Gasteiger partial charge in [0, 0.05) is 19.2 Å². The van der Waals surface area contributed by atoms with Gasteiger partial charge in [0.25, 0.3) is 0 Å². The van der Waals surface area contributed by atoms with Gasteiger partial charge in [0.2, 0.25) is 5.91 Å². The lowest BCUT2D eigenvalue weighted by atomic mass is 9.86. The highest BCUT2D eigenvalue weighted by Gasteiger charge is 2.15. The summed E-state index contributed by atoms with van der Waals surface area (Å²) >= 11 is 0. The smallest absolute Gasteiger partial charge is 0.224 e. The maximum Gasteiger partial charge on any atom is 0.224 e. The van der Waals surface area contributed by atoms with E-state index < -0.39 is 0 Å². The highest BCUT2D eigenvalue weighted by atomic mass is 16.1. The summed E-state index contributed by atoms with van der Waals surface area (Å²) in [6.45, 7) is 0.821. The maximum absolute atomic E-state index is 12.1. The number of benzene rings is 1. The van der Waals surface area contributed by atoms with Crippen LogP contribution in [0, 0.1) is 5.92 Å². The molecular formula is C20H27N3O. The van der Waals surface area contributed by atoms with Crippen molar-refractivity contribution in [2.24, 2.45) is 5.92 Å². The molecule has 1 heterocycles. The van der Waals surface area contributed by atoms with Crippen molar-refractivity contribution < 1.29 is 4.79 Å². The minimum Gasteiger partial charge on any atom is -0.323 e. The van der Waals surface area contributed by atoms with Gasteiger partial charge in [0.1, 0.15) is 0 Å². The summed E-state index contributed by atoms with van der Waals surface area (Å²) in [4.78, 5) is 12.1. The standard InChI is InChI=1S/C20H27N3O/c24-20(12-11-17-7-3-1-4-8-17)22-19-15-21-23(16-19)14-13-18-9-5-2-6-10-18/h2,5-6,9-10,15-17H,1,3-4,7-8,11-14H2,(H,22,24). The zero-order valence-electron chi connectivity index (χ0n) is 14.3. The molecule has 1 fully saturated rings. The molecule has 3 rings (SSSR count). The number of hydrogen-bond acceptors (Lipinski definition) is 2. The molecule has 0 unspecified atom stereocenters. The fourth-order valence-electron chi connectivity index (χ4n) is 3.47. The molecule has 4 nitrogen and oxygen atoms in total. The summed E-state index contributed by atoms with van der Waals surface area (Å²) in [6.07, 6.45) is 12.9. The predicted molar refractivity (Wildman–Crippen MR) is 96.8 cm³/mol. The van der Waals surface area contributed by atoms with Gasteiger partial charge in [-0.25, -0.2) is 0 Å². The highest BCUT2D eigenvalue weighted by Crippen LogP contribution is 2.27. The number of amides is 1. The Hall–Kier alpha value is -2.10. The number of aromatic nitrogens is 2. The molecule has 0 atom stereocenters. The molecule has 2 aromatic rings. The van der Waals surface area contributed by atoms with Gasteiger partial charge in [0.15, 0.2) is 0 Å². The first-order valence-corrected chi connectivity index (χ1v) is 9.16. The molecule has 0 spiro atoms. The molecule has 0 aliphatic heterocycles. The molecule has 1 aliphatic rings. The lowest BCUT2D eigenvalue weighted by molar-refractivity contribution is -0.116. The van der Waals surface area contributed by atoms with Gasteiger partial charge in [-0.1, -0.05) is 62.4 Å². The minimum absolute atomic E-state index is 0.114. The van der Waals surface area contributed by atoms with Crippen LogP contribution in [0.3, 0.4) is 0 Å². The van der Waals surface area contributed by atoms with E-state index in [1.165, 1.54) is 37.7 Å². The summed E-state index contributed by atoms with van der Waals surface area (Å²) in [5.74, 6) is 0.862. The average molecular weight is 325 g/mol. The monoisotopic (exact) mass is 325 g/mol. The molecule has 1 aromatic carbocycles. The average Bonchev–Trinajstić information content (AvgIpc) is 3.07. The van der Waals surface area contributed by atoms with Crippen molar-refractivity contribution in [3.63, 3.8) is 0 Å². The highest BCUT2D eigenvalue weighted by molar-refractivity contribution is 5.90. The summed E-state index contributed by atoms with van der Waals surface area (Å²) in [5.41, 5.74) is 2.10. The Balaban J connectivity index is 1.40. The Morgan fingerprint density at radius 1 is 1.17 bits per heavy atom. The van der Waals surface area contributed by atoms with Crippen LogP contribution < -0.4 is 5.32 Å². The van der Waals surface area contributed by atoms with Gasteiger partial charge < -0.3 is 5.32 Å². The molecule has 0 saturated heterocycles. The number of hydrogen-bond donors (Lipinski definition) is 1. The molecule has 0 bridgehead atoms. The summed E-state index contributed by atoms with van der Waals surface area (Å²) < 4.78 is 1.89. The normalized spacial score (nSPS) is 15.3. The van der Waals surface area contributed by atoms with Crippen LogP contribution in [0.15, 0.2) is 42.7 Å². The third-order valence-corrected chi connectivity index (χ3v) is 4.89. The van der Waals surface area contributed by atoms with Crippen LogP contribution in [0.1, 0.15) is 50.5 Å². The molecule has 1 saturated carbocycles. The lowest BCUT2D eigenvalue weighted by Crippen LogP contribution is -2.14. The Bertz CT molecular complexity index is 629. The van der Waals surface area contributed by atoms with Crippen LogP contribution in [-0.4, -0.2) is 15.7 Å². The first-order valence-electron chi connectivity index (χ1n) is 9.16. The summed E-state index contributed by atoms with van der Waals surface area (Å²) in [7, 11) is 0. The fourth-order valence-corrected chi connectivity index (χ4v) is 3.47. The molecule has 128 valence electrons. The molecule has 1 N–H and O–H groups in total. The number of nitrogens with one attached hydrogen (secondary N) is 1. The largest absolute Gasteiger partial charge is 0.323 e. The number of rotatable bonds is 7. The van der Waals surface area contributed by atoms with Gasteiger partial charge in [-0.05, 0) is 24.3 Å². The Morgan fingerprint density at radius 2 is 1.96 bits per heavy atom. The molecule has 0 radical (unpaired) electrons. The molecular weight excluding hydrogens is 298 g/mol. The fraction of sp³-hybridized carbons (Fsp3) is 0.500. The molecule has 1 amide bonds. The zero-order chi connectivity index (χ0) is 16.6. The van der Waals surface area contributed by atoms with E-state index in [4.69, 9.17) is 0 Å². The van der Waals surface area contributed by atoms with E-state index in [0.29, 0.717) is 6.42 Å². The third-order valence-electron chi connectivity index (χ3n) is 4.89. The van der Waals surface area contributed by atoms with Crippen LogP contribution in [0.4, 0.5) is 5.69 Å². The molecule has 1 aromatic heterocycles. The SMILES string of the molecule is O=C(CCC1CCCCC1)Nc1cnn(CCc2ccccc2)c1. The number of nitrogens with zero attached hydrogens (tertiary/aromatic N) is 2. The van der Waals surface area contributed by atoms with E-state index in [9.17, 15) is 4.79 Å². The van der Waals surface area contributed by atoms with E-state index in [-0.39, 0.29) is 5.91 Å². The van der Waals surface area contributed by atoms with Crippen LogP contribution in [0.5, 0.6) is 0 Å². The van der Waals surface area contributed by atoms with Crippen molar-refractivity contribution >= 4 is 11.6 Å². The van der Waals surface area contributed by atoms with Gasteiger partial charge in [-0.15, -0.1) is 0 Å². The second kappa shape index (κ2) is 8.67. The second-order valence-electron chi connectivity index (χ2n) is 6.82. The van der Waals surface area contributed by atoms with Crippen molar-refractivity contribution in [2.75, 3.05) is 5.32 Å². The zero-order valence-corrected chi connectivity index (χ0v) is 14.3. The van der Waals surface area contributed by atoms with Crippen LogP contribution in [-0.2, 0) is 17.8 Å². The number of aryl methyl sites for hydroxylation is 2. The van der Waals surface area contributed by atoms with Crippen molar-refractivity contribution in [1.82, 2.24) is 9.78 Å². The molecule has 24 heavy (non-hydrogen) atoms. The lowest BCUT2D eigenvalue weighted by Gasteiger charge is -2.20. The second-order valence-corrected chi connectivity index (χ2v) is 6.82. The van der Waals surface area contributed by atoms with E-state index in [1.807, 2.05) is 16.9 Å². The predicted octanol–water partition coefficient (Wildman–Crippen LogP) is 4.42. The Kier molecular flexibility index (Phi) is 6.05. The summed E-state index contributed by atoms with van der Waals surface area (Å²) in [6, 6.07) is 10.4. The van der Waals surface area contributed by atoms with Crippen LogP contribution in [0.25, 0.3) is 0 Å². The number of anilines is 1. The van der Waals surface area contributed by atoms with E-state index >= 15 is 0 Å². The Labute approximate surface area is 144 Å². The van der Waals surface area contributed by atoms with Crippen molar-refractivity contribution in [3.8, 4) is 0 Å². The quantitative estimate of drug-likeness (QED) is 0.819. The van der Waals surface area contributed by atoms with Crippen LogP contribution in [0.2, 0.25) is 0 Å². The van der Waals surface area contributed by atoms with Crippen LogP contribution >= 0.6 is 0 Å². The number of carbonyl (C=O) groups is 1. The van der Waals surface area contributed by atoms with Gasteiger partial charge >= 0.3 is 0 Å². The minimum atomic E-state index is 0.114. The maximum atomic E-state index is 12.1. The van der Waals surface area contributed by atoms with Gasteiger partial charge in [-0.3, -0.25) is 9.48 Å². The number of carbonyl (C=O) groups excluding carboxylic acids is 1.